The fourth-order valence-electron chi connectivity index (χ4n) is 3.40. The molecule has 5 nitrogen and oxygen atoms in total. The molecular formula is C20H27N3O2. The third-order valence-electron chi connectivity index (χ3n) is 5.07. The monoisotopic (exact) mass is 341 g/mol. The predicted molar refractivity (Wildman–Crippen MR) is 96.7 cm³/mol. The van der Waals surface area contributed by atoms with Crippen molar-refractivity contribution in [3.05, 3.63) is 46.1 Å². The van der Waals surface area contributed by atoms with Crippen molar-refractivity contribution in [2.24, 2.45) is 0 Å². The van der Waals surface area contributed by atoms with E-state index in [0.29, 0.717) is 31.1 Å². The summed E-state index contributed by atoms with van der Waals surface area (Å²) in [5, 5.41) is 4.14. The zero-order valence-electron chi connectivity index (χ0n) is 16.0. The average molecular weight is 341 g/mol. The summed E-state index contributed by atoms with van der Waals surface area (Å²) in [6.07, 6.45) is 1.11. The molecule has 1 aliphatic heterocycles. The second kappa shape index (κ2) is 6.28. The lowest BCUT2D eigenvalue weighted by atomic mass is 9.83. The molecule has 0 bridgehead atoms. The summed E-state index contributed by atoms with van der Waals surface area (Å²) in [5.41, 5.74) is 5.24. The standard InChI is InChI=1S/C20H27N3O2/c1-12-7-15(20(3,4)5)8-13(2)16(12)10-17-21-19(25-22-17)14-9-18(24)23(6)11-14/h7-8,14H,9-11H2,1-6H3/t14-/m0/s1. The van der Waals surface area contributed by atoms with Crippen LogP contribution in [0.3, 0.4) is 0 Å². The van der Waals surface area contributed by atoms with Crippen molar-refractivity contribution in [3.63, 3.8) is 0 Å². The highest BCUT2D eigenvalue weighted by molar-refractivity contribution is 5.79. The molecule has 3 rings (SSSR count). The van der Waals surface area contributed by atoms with Gasteiger partial charge in [0.1, 0.15) is 0 Å². The molecule has 2 aromatic rings. The lowest BCUT2D eigenvalue weighted by molar-refractivity contribution is -0.126. The number of carbonyl (C=O) groups excluding carboxylic acids is 1. The Morgan fingerprint density at radius 3 is 2.40 bits per heavy atom. The van der Waals surface area contributed by atoms with Crippen LogP contribution in [0.5, 0.6) is 0 Å². The van der Waals surface area contributed by atoms with Gasteiger partial charge in [0, 0.05) is 26.4 Å². The van der Waals surface area contributed by atoms with Gasteiger partial charge in [-0.15, -0.1) is 0 Å². The number of amides is 1. The Labute approximate surface area is 149 Å². The largest absolute Gasteiger partial charge is 0.345 e. The zero-order valence-corrected chi connectivity index (χ0v) is 16.0. The molecule has 0 radical (unpaired) electrons. The van der Waals surface area contributed by atoms with E-state index < -0.39 is 0 Å². The molecule has 1 aliphatic rings. The van der Waals surface area contributed by atoms with E-state index in [-0.39, 0.29) is 17.2 Å². The van der Waals surface area contributed by atoms with E-state index >= 15 is 0 Å². The first kappa shape index (κ1) is 17.6. The van der Waals surface area contributed by atoms with Gasteiger partial charge in [-0.05, 0) is 41.5 Å². The number of benzene rings is 1. The molecule has 0 N–H and O–H groups in total. The van der Waals surface area contributed by atoms with Crippen LogP contribution < -0.4 is 0 Å². The van der Waals surface area contributed by atoms with Crippen molar-refractivity contribution in [2.45, 2.75) is 58.8 Å². The van der Waals surface area contributed by atoms with Gasteiger partial charge in [0.25, 0.3) is 0 Å². The van der Waals surface area contributed by atoms with Crippen LogP contribution in [0.25, 0.3) is 0 Å². The molecular weight excluding hydrogens is 314 g/mol. The highest BCUT2D eigenvalue weighted by atomic mass is 16.5. The molecule has 1 atom stereocenters. The maximum absolute atomic E-state index is 11.7. The summed E-state index contributed by atoms with van der Waals surface area (Å²) in [6.45, 7) is 11.6. The van der Waals surface area contributed by atoms with Gasteiger partial charge in [-0.2, -0.15) is 4.98 Å². The zero-order chi connectivity index (χ0) is 18.4. The van der Waals surface area contributed by atoms with Gasteiger partial charge in [-0.1, -0.05) is 38.1 Å². The van der Waals surface area contributed by atoms with E-state index in [2.05, 4.69) is 56.9 Å². The maximum Gasteiger partial charge on any atom is 0.232 e. The number of carbonyl (C=O) groups is 1. The summed E-state index contributed by atoms with van der Waals surface area (Å²) in [6, 6.07) is 4.52. The highest BCUT2D eigenvalue weighted by Crippen LogP contribution is 2.29. The molecule has 1 saturated heterocycles. The van der Waals surface area contributed by atoms with E-state index in [4.69, 9.17) is 4.52 Å². The fourth-order valence-corrected chi connectivity index (χ4v) is 3.40. The normalized spacial score (nSPS) is 18.2. The summed E-state index contributed by atoms with van der Waals surface area (Å²) in [7, 11) is 1.81. The van der Waals surface area contributed by atoms with Gasteiger partial charge in [0.2, 0.25) is 11.8 Å². The summed E-state index contributed by atoms with van der Waals surface area (Å²) in [4.78, 5) is 18.0. The topological polar surface area (TPSA) is 59.2 Å². The average Bonchev–Trinajstić information content (AvgIpc) is 3.09. The number of aryl methyl sites for hydroxylation is 2. The van der Waals surface area contributed by atoms with Crippen molar-refractivity contribution in [1.29, 1.82) is 0 Å². The SMILES string of the molecule is Cc1cc(C(C)(C)C)cc(C)c1Cc1noc([C@H]2CC(=O)N(C)C2)n1. The van der Waals surface area contributed by atoms with Crippen molar-refractivity contribution >= 4 is 5.91 Å². The van der Waals surface area contributed by atoms with Crippen LogP contribution in [0.15, 0.2) is 16.7 Å². The number of hydrogen-bond acceptors (Lipinski definition) is 4. The highest BCUT2D eigenvalue weighted by Gasteiger charge is 2.32. The van der Waals surface area contributed by atoms with Crippen LogP contribution >= 0.6 is 0 Å². The Morgan fingerprint density at radius 1 is 1.24 bits per heavy atom. The van der Waals surface area contributed by atoms with Crippen LogP contribution in [-0.2, 0) is 16.6 Å². The van der Waals surface area contributed by atoms with E-state index in [0.717, 1.165) is 0 Å². The molecule has 0 spiro atoms. The van der Waals surface area contributed by atoms with Gasteiger partial charge >= 0.3 is 0 Å². The Hall–Kier alpha value is -2.17. The molecule has 2 heterocycles. The molecule has 0 unspecified atom stereocenters. The molecule has 1 aromatic heterocycles. The van der Waals surface area contributed by atoms with Gasteiger partial charge in [-0.25, -0.2) is 0 Å². The van der Waals surface area contributed by atoms with Gasteiger partial charge in [0.05, 0.1) is 5.92 Å². The first-order chi connectivity index (χ1) is 11.6. The molecule has 134 valence electrons. The van der Waals surface area contributed by atoms with E-state index in [1.54, 1.807) is 4.90 Å². The van der Waals surface area contributed by atoms with Gasteiger partial charge in [0.15, 0.2) is 5.82 Å². The quantitative estimate of drug-likeness (QED) is 0.857. The fraction of sp³-hybridized carbons (Fsp3) is 0.550. The Kier molecular flexibility index (Phi) is 4.43. The molecule has 5 heteroatoms. The van der Waals surface area contributed by atoms with Gasteiger partial charge < -0.3 is 9.42 Å². The Balaban J connectivity index is 1.81. The Morgan fingerprint density at radius 2 is 1.88 bits per heavy atom. The van der Waals surface area contributed by atoms with E-state index in [1.165, 1.54) is 22.3 Å². The molecule has 0 aliphatic carbocycles. The second-order valence-corrected chi connectivity index (χ2v) is 8.24. The van der Waals surface area contributed by atoms with Crippen LogP contribution in [0.4, 0.5) is 0 Å². The van der Waals surface area contributed by atoms with Crippen molar-refractivity contribution in [1.82, 2.24) is 15.0 Å². The lowest BCUT2D eigenvalue weighted by Crippen LogP contribution is -2.18. The minimum absolute atomic E-state index is 0.0178. The second-order valence-electron chi connectivity index (χ2n) is 8.24. The number of likely N-dealkylation sites (tertiary alicyclic amines) is 1. The number of hydrogen-bond donors (Lipinski definition) is 0. The van der Waals surface area contributed by atoms with Crippen molar-refractivity contribution in [3.8, 4) is 0 Å². The van der Waals surface area contributed by atoms with Crippen molar-refractivity contribution < 1.29 is 9.32 Å². The van der Waals surface area contributed by atoms with Crippen LogP contribution in [-0.4, -0.2) is 34.5 Å². The van der Waals surface area contributed by atoms with Crippen LogP contribution in [0.1, 0.15) is 67.1 Å². The maximum atomic E-state index is 11.7. The third kappa shape index (κ3) is 3.60. The first-order valence-electron chi connectivity index (χ1n) is 8.82. The van der Waals surface area contributed by atoms with Crippen LogP contribution in [0, 0.1) is 13.8 Å². The number of rotatable bonds is 3. The lowest BCUT2D eigenvalue weighted by Gasteiger charge is -2.22. The summed E-state index contributed by atoms with van der Waals surface area (Å²) >= 11 is 0. The van der Waals surface area contributed by atoms with E-state index in [9.17, 15) is 4.79 Å². The van der Waals surface area contributed by atoms with E-state index in [1.807, 2.05) is 7.05 Å². The summed E-state index contributed by atoms with van der Waals surface area (Å²) < 4.78 is 5.44. The molecule has 0 saturated carbocycles. The summed E-state index contributed by atoms with van der Waals surface area (Å²) in [5.74, 6) is 1.42. The number of likely N-dealkylation sites (N-methyl/N-ethyl adjacent to an activating group) is 1. The Bertz CT molecular complexity index is 779. The number of nitrogens with zero attached hydrogens (tertiary/aromatic N) is 3. The minimum Gasteiger partial charge on any atom is -0.345 e. The van der Waals surface area contributed by atoms with Crippen LogP contribution in [0.2, 0.25) is 0 Å². The minimum atomic E-state index is 0.0178. The third-order valence-corrected chi connectivity index (χ3v) is 5.07. The van der Waals surface area contributed by atoms with Gasteiger partial charge in [-0.3, -0.25) is 4.79 Å². The first-order valence-corrected chi connectivity index (χ1v) is 8.82. The predicted octanol–water partition coefficient (Wildman–Crippen LogP) is 3.52. The molecule has 1 amide bonds. The molecule has 25 heavy (non-hydrogen) atoms. The smallest absolute Gasteiger partial charge is 0.232 e. The molecule has 1 fully saturated rings. The molecule has 1 aromatic carbocycles. The number of aromatic nitrogens is 2. The van der Waals surface area contributed by atoms with Crippen molar-refractivity contribution in [2.75, 3.05) is 13.6 Å².